The van der Waals surface area contributed by atoms with Gasteiger partial charge in [0.25, 0.3) is 0 Å². The van der Waals surface area contributed by atoms with Crippen LogP contribution in [-0.2, 0) is 4.79 Å². The van der Waals surface area contributed by atoms with E-state index in [2.05, 4.69) is 21.2 Å². The average molecular weight is 341 g/mol. The number of carboxylic acids is 1. The molecule has 0 radical (unpaired) electrons. The molecule has 1 aromatic rings. The number of hydrogen-bond donors (Lipinski definition) is 2. The second-order valence-electron chi connectivity index (χ2n) is 5.05. The molecule has 0 saturated heterocycles. The summed E-state index contributed by atoms with van der Waals surface area (Å²) in [6.07, 6.45) is 2.98. The van der Waals surface area contributed by atoms with Crippen LogP contribution >= 0.6 is 15.9 Å². The van der Waals surface area contributed by atoms with Gasteiger partial charge in [0.2, 0.25) is 0 Å². The van der Waals surface area contributed by atoms with E-state index in [-0.39, 0.29) is 22.3 Å². The van der Waals surface area contributed by atoms with Crippen molar-refractivity contribution in [3.8, 4) is 6.07 Å². The standard InChI is InChI=1S/C14H14BrFN2O2/c15-11-9(7-17)3-4-10(12(11)16)18-8-14(13(19)20)5-1-2-6-14/h3-4,18H,1-2,5-6,8H2,(H,19,20). The fraction of sp³-hybridized carbons (Fsp3) is 0.429. The van der Waals surface area contributed by atoms with Crippen molar-refractivity contribution >= 4 is 27.6 Å². The highest BCUT2D eigenvalue weighted by atomic mass is 79.9. The zero-order valence-corrected chi connectivity index (χ0v) is 12.3. The molecule has 0 aliphatic heterocycles. The maximum atomic E-state index is 14.0. The van der Waals surface area contributed by atoms with Crippen LogP contribution in [0.5, 0.6) is 0 Å². The first-order chi connectivity index (χ1) is 9.50. The van der Waals surface area contributed by atoms with Gasteiger partial charge in [-0.05, 0) is 40.9 Å². The van der Waals surface area contributed by atoms with Gasteiger partial charge in [-0.15, -0.1) is 0 Å². The van der Waals surface area contributed by atoms with Crippen LogP contribution in [-0.4, -0.2) is 17.6 Å². The third kappa shape index (κ3) is 2.63. The number of rotatable bonds is 4. The second kappa shape index (κ2) is 5.80. The molecule has 106 valence electrons. The number of nitrogens with one attached hydrogen (secondary N) is 1. The first-order valence-corrected chi connectivity index (χ1v) is 7.15. The lowest BCUT2D eigenvalue weighted by Crippen LogP contribution is -2.35. The van der Waals surface area contributed by atoms with Gasteiger partial charge in [-0.25, -0.2) is 4.39 Å². The SMILES string of the molecule is N#Cc1ccc(NCC2(C(=O)O)CCCC2)c(F)c1Br. The number of halogens is 2. The quantitative estimate of drug-likeness (QED) is 0.879. The Morgan fingerprint density at radius 1 is 1.50 bits per heavy atom. The number of benzene rings is 1. The average Bonchev–Trinajstić information content (AvgIpc) is 2.91. The molecule has 6 heteroatoms. The Balaban J connectivity index is 2.17. The van der Waals surface area contributed by atoms with Gasteiger partial charge in [0.05, 0.1) is 21.1 Å². The lowest BCUT2D eigenvalue weighted by atomic mass is 9.86. The normalized spacial score (nSPS) is 16.6. The van der Waals surface area contributed by atoms with Gasteiger partial charge in [0.1, 0.15) is 6.07 Å². The summed E-state index contributed by atoms with van der Waals surface area (Å²) in [5.74, 6) is -1.40. The van der Waals surface area contributed by atoms with Crippen molar-refractivity contribution < 1.29 is 14.3 Å². The predicted molar refractivity (Wildman–Crippen MR) is 75.8 cm³/mol. The smallest absolute Gasteiger partial charge is 0.311 e. The summed E-state index contributed by atoms with van der Waals surface area (Å²) >= 11 is 3.03. The highest BCUT2D eigenvalue weighted by Crippen LogP contribution is 2.39. The summed E-state index contributed by atoms with van der Waals surface area (Å²) in [4.78, 5) is 11.4. The van der Waals surface area contributed by atoms with Gasteiger partial charge in [-0.1, -0.05) is 12.8 Å². The molecule has 1 aliphatic rings. The molecular weight excluding hydrogens is 327 g/mol. The van der Waals surface area contributed by atoms with E-state index >= 15 is 0 Å². The number of hydrogen-bond acceptors (Lipinski definition) is 3. The summed E-state index contributed by atoms with van der Waals surface area (Å²) < 4.78 is 14.1. The molecule has 0 bridgehead atoms. The summed E-state index contributed by atoms with van der Waals surface area (Å²) in [5.41, 5.74) is -0.391. The van der Waals surface area contributed by atoms with Gasteiger partial charge in [0, 0.05) is 6.54 Å². The van der Waals surface area contributed by atoms with Crippen molar-refractivity contribution in [2.24, 2.45) is 5.41 Å². The van der Waals surface area contributed by atoms with Crippen LogP contribution in [0.1, 0.15) is 31.2 Å². The topological polar surface area (TPSA) is 73.1 Å². The summed E-state index contributed by atoms with van der Waals surface area (Å²) in [6, 6.07) is 4.84. The first-order valence-electron chi connectivity index (χ1n) is 6.35. The fourth-order valence-electron chi connectivity index (χ4n) is 2.55. The maximum Gasteiger partial charge on any atom is 0.311 e. The van der Waals surface area contributed by atoms with E-state index in [9.17, 15) is 14.3 Å². The van der Waals surface area contributed by atoms with E-state index in [1.165, 1.54) is 12.1 Å². The van der Waals surface area contributed by atoms with Crippen LogP contribution in [0, 0.1) is 22.6 Å². The van der Waals surface area contributed by atoms with Crippen molar-refractivity contribution in [1.82, 2.24) is 0 Å². The highest BCUT2D eigenvalue weighted by Gasteiger charge is 2.41. The van der Waals surface area contributed by atoms with Crippen molar-refractivity contribution in [1.29, 1.82) is 5.26 Å². The van der Waals surface area contributed by atoms with E-state index in [0.717, 1.165) is 12.8 Å². The molecule has 1 aromatic carbocycles. The van der Waals surface area contributed by atoms with E-state index < -0.39 is 17.2 Å². The predicted octanol–water partition coefficient (Wildman–Crippen LogP) is 3.52. The second-order valence-corrected chi connectivity index (χ2v) is 5.84. The minimum absolute atomic E-state index is 0.0980. The van der Waals surface area contributed by atoms with Gasteiger partial charge >= 0.3 is 5.97 Å². The molecule has 0 atom stereocenters. The van der Waals surface area contributed by atoms with Crippen LogP contribution in [0.3, 0.4) is 0 Å². The highest BCUT2D eigenvalue weighted by molar-refractivity contribution is 9.10. The molecule has 2 rings (SSSR count). The van der Waals surface area contributed by atoms with E-state index in [0.29, 0.717) is 12.8 Å². The van der Waals surface area contributed by atoms with Crippen LogP contribution in [0.15, 0.2) is 16.6 Å². The number of carbonyl (C=O) groups is 1. The molecular formula is C14H14BrFN2O2. The van der Waals surface area contributed by atoms with Gasteiger partial charge in [-0.2, -0.15) is 5.26 Å². The molecule has 0 amide bonds. The van der Waals surface area contributed by atoms with E-state index in [1.54, 1.807) is 0 Å². The number of carboxylic acid groups (broad SMARTS) is 1. The van der Waals surface area contributed by atoms with Gasteiger partial charge < -0.3 is 10.4 Å². The summed E-state index contributed by atoms with van der Waals surface area (Å²) in [6.45, 7) is 0.192. The molecule has 20 heavy (non-hydrogen) atoms. The van der Waals surface area contributed by atoms with Gasteiger partial charge in [-0.3, -0.25) is 4.79 Å². The zero-order valence-electron chi connectivity index (χ0n) is 10.7. The summed E-state index contributed by atoms with van der Waals surface area (Å²) in [7, 11) is 0. The molecule has 1 aliphatic carbocycles. The summed E-state index contributed by atoms with van der Waals surface area (Å²) in [5, 5.41) is 21.0. The fourth-order valence-corrected chi connectivity index (χ4v) is 2.99. The largest absolute Gasteiger partial charge is 0.481 e. The van der Waals surface area contributed by atoms with Crippen molar-refractivity contribution in [2.75, 3.05) is 11.9 Å². The number of nitrogens with zero attached hydrogens (tertiary/aromatic N) is 1. The minimum Gasteiger partial charge on any atom is -0.481 e. The zero-order chi connectivity index (χ0) is 14.8. The Labute approximate surface area is 124 Å². The molecule has 0 spiro atoms. The Hall–Kier alpha value is -1.61. The molecule has 0 unspecified atom stereocenters. The lowest BCUT2D eigenvalue weighted by molar-refractivity contribution is -0.147. The first kappa shape index (κ1) is 14.8. The van der Waals surface area contributed by atoms with Crippen LogP contribution < -0.4 is 5.32 Å². The number of aliphatic carboxylic acids is 1. The molecule has 0 aromatic heterocycles. The van der Waals surface area contributed by atoms with Crippen LogP contribution in [0.2, 0.25) is 0 Å². The Kier molecular flexibility index (Phi) is 4.29. The third-order valence-corrected chi connectivity index (χ3v) is 4.61. The van der Waals surface area contributed by atoms with Crippen LogP contribution in [0.4, 0.5) is 10.1 Å². The van der Waals surface area contributed by atoms with Crippen LogP contribution in [0.25, 0.3) is 0 Å². The monoisotopic (exact) mass is 340 g/mol. The van der Waals surface area contributed by atoms with Gasteiger partial charge in [0.15, 0.2) is 5.82 Å². The third-order valence-electron chi connectivity index (χ3n) is 3.83. The van der Waals surface area contributed by atoms with Crippen molar-refractivity contribution in [3.63, 3.8) is 0 Å². The molecule has 1 fully saturated rings. The van der Waals surface area contributed by atoms with Crippen molar-refractivity contribution in [3.05, 3.63) is 28.0 Å². The lowest BCUT2D eigenvalue weighted by Gasteiger charge is -2.24. The molecule has 0 heterocycles. The van der Waals surface area contributed by atoms with E-state index in [4.69, 9.17) is 5.26 Å². The molecule has 4 nitrogen and oxygen atoms in total. The number of nitriles is 1. The minimum atomic E-state index is -0.837. The Bertz CT molecular complexity index is 577. The van der Waals surface area contributed by atoms with E-state index in [1.807, 2.05) is 6.07 Å². The van der Waals surface area contributed by atoms with Crippen molar-refractivity contribution in [2.45, 2.75) is 25.7 Å². The number of anilines is 1. The Morgan fingerprint density at radius 2 is 2.15 bits per heavy atom. The molecule has 2 N–H and O–H groups in total. The molecule has 1 saturated carbocycles. The Morgan fingerprint density at radius 3 is 2.70 bits per heavy atom. The maximum absolute atomic E-state index is 14.0.